The molecule has 1 heterocycles. The Balaban J connectivity index is 0.00000400. The second kappa shape index (κ2) is 10.4. The van der Waals surface area contributed by atoms with Crippen molar-refractivity contribution in [3.8, 4) is 0 Å². The van der Waals surface area contributed by atoms with Crippen LogP contribution in [0.3, 0.4) is 0 Å². The molecule has 1 saturated heterocycles. The van der Waals surface area contributed by atoms with Crippen molar-refractivity contribution < 1.29 is 4.79 Å². The number of hydrogen-bond donors (Lipinski definition) is 2. The van der Waals surface area contributed by atoms with Crippen LogP contribution in [-0.4, -0.2) is 42.5 Å². The van der Waals surface area contributed by atoms with Crippen molar-refractivity contribution in [2.24, 2.45) is 17.6 Å². The molecule has 2 atom stereocenters. The predicted octanol–water partition coefficient (Wildman–Crippen LogP) is 2.41. The van der Waals surface area contributed by atoms with Gasteiger partial charge >= 0.3 is 0 Å². The summed E-state index contributed by atoms with van der Waals surface area (Å²) < 4.78 is 0. The average Bonchev–Trinajstić information content (AvgIpc) is 2.40. The third-order valence-corrected chi connectivity index (χ3v) is 4.48. The molecule has 0 aromatic heterocycles. The smallest absolute Gasteiger partial charge is 0.236 e. The first-order chi connectivity index (χ1) is 9.45. The molecule has 5 heteroatoms. The van der Waals surface area contributed by atoms with E-state index in [9.17, 15) is 4.79 Å². The Kier molecular flexibility index (Phi) is 10.3. The molecule has 1 fully saturated rings. The van der Waals surface area contributed by atoms with Crippen molar-refractivity contribution in [3.63, 3.8) is 0 Å². The van der Waals surface area contributed by atoms with Gasteiger partial charge in [-0.3, -0.25) is 9.69 Å². The minimum absolute atomic E-state index is 0. The van der Waals surface area contributed by atoms with E-state index in [1.165, 1.54) is 12.8 Å². The van der Waals surface area contributed by atoms with Crippen LogP contribution in [0, 0.1) is 11.8 Å². The minimum Gasteiger partial charge on any atom is -0.353 e. The fourth-order valence-corrected chi connectivity index (χ4v) is 2.92. The van der Waals surface area contributed by atoms with Gasteiger partial charge in [0.15, 0.2) is 0 Å². The Bertz CT molecular complexity index is 291. The summed E-state index contributed by atoms with van der Waals surface area (Å²) in [6.45, 7) is 11.9. The molecule has 3 N–H and O–H groups in total. The summed E-state index contributed by atoms with van der Waals surface area (Å²) >= 11 is 0. The lowest BCUT2D eigenvalue weighted by atomic mass is 9.94. The van der Waals surface area contributed by atoms with Gasteiger partial charge in [-0.05, 0) is 44.2 Å². The van der Waals surface area contributed by atoms with Crippen LogP contribution in [0.25, 0.3) is 0 Å². The molecule has 4 nitrogen and oxygen atoms in total. The van der Waals surface area contributed by atoms with E-state index in [1.54, 1.807) is 0 Å². The van der Waals surface area contributed by atoms with Gasteiger partial charge in [0.1, 0.15) is 0 Å². The van der Waals surface area contributed by atoms with Crippen LogP contribution >= 0.6 is 12.4 Å². The number of likely N-dealkylation sites (tertiary alicyclic amines) is 1. The minimum atomic E-state index is -0.353. The quantitative estimate of drug-likeness (QED) is 0.757. The zero-order valence-corrected chi connectivity index (χ0v) is 14.9. The number of carbonyl (C=O) groups is 1. The van der Waals surface area contributed by atoms with Crippen LogP contribution in [0.5, 0.6) is 0 Å². The summed E-state index contributed by atoms with van der Waals surface area (Å²) in [5.41, 5.74) is 5.86. The van der Waals surface area contributed by atoms with Crippen molar-refractivity contribution in [2.75, 3.05) is 19.6 Å². The van der Waals surface area contributed by atoms with Gasteiger partial charge in [-0.15, -0.1) is 12.4 Å². The summed E-state index contributed by atoms with van der Waals surface area (Å²) in [4.78, 5) is 14.5. The van der Waals surface area contributed by atoms with E-state index in [2.05, 4.69) is 37.9 Å². The lowest BCUT2D eigenvalue weighted by Crippen LogP contribution is -2.51. The molecule has 126 valence electrons. The highest BCUT2D eigenvalue weighted by molar-refractivity contribution is 5.85. The highest BCUT2D eigenvalue weighted by Crippen LogP contribution is 2.21. The Morgan fingerprint density at radius 2 is 1.90 bits per heavy atom. The number of nitrogens with one attached hydrogen (secondary N) is 1. The molecule has 1 aliphatic rings. The van der Waals surface area contributed by atoms with Gasteiger partial charge in [-0.25, -0.2) is 0 Å². The number of nitrogens with two attached hydrogens (primary N) is 1. The number of hydrogen-bond acceptors (Lipinski definition) is 3. The maximum absolute atomic E-state index is 11.9. The number of carbonyl (C=O) groups excluding carboxylic acids is 1. The van der Waals surface area contributed by atoms with Crippen LogP contribution in [0.15, 0.2) is 0 Å². The average molecular weight is 320 g/mol. The van der Waals surface area contributed by atoms with E-state index < -0.39 is 0 Å². The van der Waals surface area contributed by atoms with Gasteiger partial charge in [0.2, 0.25) is 5.91 Å². The van der Waals surface area contributed by atoms with Crippen LogP contribution in [0.4, 0.5) is 0 Å². The molecule has 0 saturated carbocycles. The van der Waals surface area contributed by atoms with Crippen LogP contribution < -0.4 is 11.1 Å². The normalized spacial score (nSPS) is 19.9. The van der Waals surface area contributed by atoms with Gasteiger partial charge in [0.05, 0.1) is 6.04 Å². The highest BCUT2D eigenvalue weighted by atomic mass is 35.5. The maximum Gasteiger partial charge on any atom is 0.236 e. The third-order valence-electron chi connectivity index (χ3n) is 4.48. The summed E-state index contributed by atoms with van der Waals surface area (Å²) in [5.74, 6) is 1.39. The summed E-state index contributed by atoms with van der Waals surface area (Å²) in [6.07, 6.45) is 4.25. The van der Waals surface area contributed by atoms with E-state index in [4.69, 9.17) is 5.73 Å². The molecule has 0 bridgehead atoms. The molecule has 1 aliphatic heterocycles. The fourth-order valence-electron chi connectivity index (χ4n) is 2.92. The molecular weight excluding hydrogens is 286 g/mol. The monoisotopic (exact) mass is 319 g/mol. The molecule has 0 aromatic carbocycles. The Morgan fingerprint density at radius 3 is 2.38 bits per heavy atom. The summed E-state index contributed by atoms with van der Waals surface area (Å²) in [6, 6.07) is 0.0782. The largest absolute Gasteiger partial charge is 0.353 e. The van der Waals surface area contributed by atoms with Crippen LogP contribution in [0.1, 0.15) is 53.4 Å². The maximum atomic E-state index is 11.9. The predicted molar refractivity (Wildman–Crippen MR) is 91.7 cm³/mol. The molecule has 1 rings (SSSR count). The standard InChI is InChI=1S/C16H33N3O.ClH/c1-5-6-14(17)16(20)18-11-15(12(2)3)19-9-7-13(4)8-10-19;/h12-15H,5-11,17H2,1-4H3,(H,18,20);1H. The Morgan fingerprint density at radius 1 is 1.33 bits per heavy atom. The topological polar surface area (TPSA) is 58.4 Å². The zero-order valence-electron chi connectivity index (χ0n) is 14.1. The van der Waals surface area contributed by atoms with Gasteiger partial charge < -0.3 is 11.1 Å². The number of piperidine rings is 1. The van der Waals surface area contributed by atoms with Gasteiger partial charge in [0, 0.05) is 12.6 Å². The molecule has 0 radical (unpaired) electrons. The first kappa shape index (κ1) is 20.7. The van der Waals surface area contributed by atoms with Crippen molar-refractivity contribution in [1.29, 1.82) is 0 Å². The third kappa shape index (κ3) is 6.98. The number of rotatable bonds is 7. The van der Waals surface area contributed by atoms with Gasteiger partial charge in [-0.2, -0.15) is 0 Å². The summed E-state index contributed by atoms with van der Waals surface area (Å²) in [7, 11) is 0. The molecule has 2 unspecified atom stereocenters. The SMILES string of the molecule is CCCC(N)C(=O)NCC(C(C)C)N1CCC(C)CC1.Cl. The van der Waals surface area contributed by atoms with Gasteiger partial charge in [0.25, 0.3) is 0 Å². The van der Waals surface area contributed by atoms with E-state index in [-0.39, 0.29) is 24.4 Å². The Hall–Kier alpha value is -0.320. The van der Waals surface area contributed by atoms with Crippen molar-refractivity contribution >= 4 is 18.3 Å². The second-order valence-electron chi connectivity index (χ2n) is 6.67. The first-order valence-electron chi connectivity index (χ1n) is 8.23. The van der Waals surface area contributed by atoms with Crippen LogP contribution in [-0.2, 0) is 4.79 Å². The first-order valence-corrected chi connectivity index (χ1v) is 8.23. The molecule has 0 aliphatic carbocycles. The molecule has 0 aromatic rings. The van der Waals surface area contributed by atoms with E-state index in [0.29, 0.717) is 12.0 Å². The van der Waals surface area contributed by atoms with Crippen molar-refractivity contribution in [1.82, 2.24) is 10.2 Å². The lowest BCUT2D eigenvalue weighted by Gasteiger charge is -2.39. The van der Waals surface area contributed by atoms with E-state index in [0.717, 1.165) is 38.4 Å². The van der Waals surface area contributed by atoms with Gasteiger partial charge in [-0.1, -0.05) is 34.1 Å². The molecule has 0 spiro atoms. The highest BCUT2D eigenvalue weighted by Gasteiger charge is 2.26. The van der Waals surface area contributed by atoms with E-state index >= 15 is 0 Å². The molecular formula is C16H34ClN3O. The number of nitrogens with zero attached hydrogens (tertiary/aromatic N) is 1. The van der Waals surface area contributed by atoms with E-state index in [1.807, 2.05) is 0 Å². The molecule has 21 heavy (non-hydrogen) atoms. The van der Waals surface area contributed by atoms with Crippen molar-refractivity contribution in [2.45, 2.75) is 65.5 Å². The lowest BCUT2D eigenvalue weighted by molar-refractivity contribution is -0.122. The van der Waals surface area contributed by atoms with Crippen LogP contribution in [0.2, 0.25) is 0 Å². The number of amides is 1. The second-order valence-corrected chi connectivity index (χ2v) is 6.67. The zero-order chi connectivity index (χ0) is 15.1. The Labute approximate surface area is 136 Å². The summed E-state index contributed by atoms with van der Waals surface area (Å²) in [5, 5.41) is 3.05. The molecule has 1 amide bonds. The fraction of sp³-hybridized carbons (Fsp3) is 0.938. The van der Waals surface area contributed by atoms with Crippen molar-refractivity contribution in [3.05, 3.63) is 0 Å². The number of halogens is 1.